The highest BCUT2D eigenvalue weighted by Gasteiger charge is 2.36. The van der Waals surface area contributed by atoms with Crippen LogP contribution in [0.3, 0.4) is 0 Å². The molecular weight excluding hydrogens is 301 g/mol. The first-order valence-electron chi connectivity index (χ1n) is 7.36. The lowest BCUT2D eigenvalue weighted by Gasteiger charge is -2.24. The Bertz CT molecular complexity index is 746. The maximum atomic E-state index is 14.0. The van der Waals surface area contributed by atoms with Crippen LogP contribution in [-0.4, -0.2) is 19.3 Å². The van der Waals surface area contributed by atoms with Gasteiger partial charge in [-0.3, -0.25) is 0 Å². The van der Waals surface area contributed by atoms with E-state index in [0.29, 0.717) is 18.5 Å². The van der Waals surface area contributed by atoms with E-state index in [-0.39, 0.29) is 11.6 Å². The maximum Gasteiger partial charge on any atom is 0.218 e. The van der Waals surface area contributed by atoms with Crippen molar-refractivity contribution in [1.29, 1.82) is 0 Å². The number of hydrogen-bond acceptors (Lipinski definition) is 2. The van der Waals surface area contributed by atoms with E-state index >= 15 is 0 Å². The molecule has 0 amide bonds. The standard InChI is InChI=1S/C17H18FNO2S/c18-16-10-5-4-9-15(16)17-11-6-12-19(17)22(20,21)13-14-7-2-1-3-8-14/h1-5,7-10,17H,6,11-13H2/t17-/m1/s1. The second-order valence-corrected chi connectivity index (χ2v) is 7.45. The molecule has 116 valence electrons. The summed E-state index contributed by atoms with van der Waals surface area (Å²) in [5, 5.41) is 0. The fourth-order valence-corrected chi connectivity index (χ4v) is 4.79. The molecule has 0 aromatic heterocycles. The number of benzene rings is 2. The van der Waals surface area contributed by atoms with Crippen molar-refractivity contribution in [2.75, 3.05) is 6.54 Å². The molecule has 0 unspecified atom stereocenters. The second kappa shape index (κ2) is 6.18. The van der Waals surface area contributed by atoms with Crippen molar-refractivity contribution < 1.29 is 12.8 Å². The number of hydrogen-bond donors (Lipinski definition) is 0. The third-order valence-electron chi connectivity index (χ3n) is 4.02. The van der Waals surface area contributed by atoms with Gasteiger partial charge in [0, 0.05) is 12.1 Å². The summed E-state index contributed by atoms with van der Waals surface area (Å²) < 4.78 is 40.9. The topological polar surface area (TPSA) is 37.4 Å². The average molecular weight is 319 g/mol. The van der Waals surface area contributed by atoms with E-state index < -0.39 is 16.1 Å². The van der Waals surface area contributed by atoms with Gasteiger partial charge < -0.3 is 0 Å². The molecule has 3 nitrogen and oxygen atoms in total. The Morgan fingerprint density at radius 1 is 1.05 bits per heavy atom. The smallest absolute Gasteiger partial charge is 0.212 e. The maximum absolute atomic E-state index is 14.0. The van der Waals surface area contributed by atoms with Gasteiger partial charge in [0.05, 0.1) is 11.8 Å². The van der Waals surface area contributed by atoms with Gasteiger partial charge in [0.1, 0.15) is 5.82 Å². The highest BCUT2D eigenvalue weighted by atomic mass is 32.2. The van der Waals surface area contributed by atoms with E-state index in [4.69, 9.17) is 0 Å². The molecule has 22 heavy (non-hydrogen) atoms. The van der Waals surface area contributed by atoms with Crippen LogP contribution in [0.25, 0.3) is 0 Å². The van der Waals surface area contributed by atoms with Crippen molar-refractivity contribution in [1.82, 2.24) is 4.31 Å². The largest absolute Gasteiger partial charge is 0.218 e. The van der Waals surface area contributed by atoms with Crippen molar-refractivity contribution >= 4 is 10.0 Å². The normalized spacial score (nSPS) is 19.4. The molecule has 0 radical (unpaired) electrons. The van der Waals surface area contributed by atoms with Crippen molar-refractivity contribution in [3.05, 3.63) is 71.5 Å². The van der Waals surface area contributed by atoms with Crippen LogP contribution in [0.2, 0.25) is 0 Å². The molecule has 5 heteroatoms. The fourth-order valence-electron chi connectivity index (χ4n) is 3.00. The fraction of sp³-hybridized carbons (Fsp3) is 0.294. The second-order valence-electron chi connectivity index (χ2n) is 5.53. The van der Waals surface area contributed by atoms with E-state index in [9.17, 15) is 12.8 Å². The Balaban J connectivity index is 1.88. The first kappa shape index (κ1) is 15.2. The molecule has 0 bridgehead atoms. The Morgan fingerprint density at radius 2 is 1.73 bits per heavy atom. The van der Waals surface area contributed by atoms with Gasteiger partial charge in [-0.25, -0.2) is 12.8 Å². The molecule has 1 heterocycles. The van der Waals surface area contributed by atoms with E-state index in [1.807, 2.05) is 18.2 Å². The van der Waals surface area contributed by atoms with Gasteiger partial charge in [-0.15, -0.1) is 0 Å². The molecular formula is C17H18FNO2S. The van der Waals surface area contributed by atoms with Crippen LogP contribution in [0, 0.1) is 5.82 Å². The molecule has 1 fully saturated rings. The zero-order chi connectivity index (χ0) is 15.6. The minimum Gasteiger partial charge on any atom is -0.212 e. The minimum absolute atomic E-state index is 0.0429. The van der Waals surface area contributed by atoms with Gasteiger partial charge in [-0.1, -0.05) is 48.5 Å². The summed E-state index contributed by atoms with van der Waals surface area (Å²) in [7, 11) is -3.46. The monoisotopic (exact) mass is 319 g/mol. The summed E-state index contributed by atoms with van der Waals surface area (Å²) in [5.74, 6) is -0.381. The first-order chi connectivity index (χ1) is 10.6. The molecule has 1 saturated heterocycles. The van der Waals surface area contributed by atoms with Crippen LogP contribution in [0.4, 0.5) is 4.39 Å². The van der Waals surface area contributed by atoms with Gasteiger partial charge in [0.2, 0.25) is 10.0 Å². The van der Waals surface area contributed by atoms with E-state index in [1.54, 1.807) is 30.3 Å². The van der Waals surface area contributed by atoms with Crippen LogP contribution in [0.15, 0.2) is 54.6 Å². The van der Waals surface area contributed by atoms with Crippen molar-refractivity contribution in [3.63, 3.8) is 0 Å². The lowest BCUT2D eigenvalue weighted by atomic mass is 10.1. The molecule has 0 N–H and O–H groups in total. The van der Waals surface area contributed by atoms with Crippen LogP contribution in [0.5, 0.6) is 0 Å². The minimum atomic E-state index is -3.46. The molecule has 1 aliphatic heterocycles. The summed E-state index contributed by atoms with van der Waals surface area (Å²) in [5.41, 5.74) is 1.22. The van der Waals surface area contributed by atoms with Crippen molar-refractivity contribution in [3.8, 4) is 0 Å². The SMILES string of the molecule is O=S(=O)(Cc1ccccc1)N1CCC[C@@H]1c1ccccc1F. The molecule has 3 rings (SSSR count). The molecule has 0 aliphatic carbocycles. The van der Waals surface area contributed by atoms with Crippen LogP contribution >= 0.6 is 0 Å². The molecule has 0 saturated carbocycles. The van der Waals surface area contributed by atoms with Gasteiger partial charge in [0.15, 0.2) is 0 Å². The molecule has 2 aromatic rings. The summed E-state index contributed by atoms with van der Waals surface area (Å²) in [6, 6.07) is 15.1. The Morgan fingerprint density at radius 3 is 2.45 bits per heavy atom. The zero-order valence-electron chi connectivity index (χ0n) is 12.2. The average Bonchev–Trinajstić information content (AvgIpc) is 2.98. The predicted molar refractivity (Wildman–Crippen MR) is 84.1 cm³/mol. The molecule has 2 aromatic carbocycles. The third-order valence-corrected chi connectivity index (χ3v) is 5.87. The highest BCUT2D eigenvalue weighted by molar-refractivity contribution is 7.88. The third kappa shape index (κ3) is 3.05. The van der Waals surface area contributed by atoms with Crippen molar-refractivity contribution in [2.24, 2.45) is 0 Å². The Kier molecular flexibility index (Phi) is 4.27. The molecule has 1 atom stereocenters. The predicted octanol–water partition coefficient (Wildman–Crippen LogP) is 3.49. The molecule has 1 aliphatic rings. The number of halogens is 1. The Hall–Kier alpha value is -1.72. The first-order valence-corrected chi connectivity index (χ1v) is 8.97. The summed E-state index contributed by atoms with van der Waals surface area (Å²) in [6.45, 7) is 0.453. The van der Waals surface area contributed by atoms with Crippen LogP contribution in [0.1, 0.15) is 30.0 Å². The summed E-state index contributed by atoms with van der Waals surface area (Å²) >= 11 is 0. The lowest BCUT2D eigenvalue weighted by Crippen LogP contribution is -2.32. The van der Waals surface area contributed by atoms with Crippen molar-refractivity contribution in [2.45, 2.75) is 24.6 Å². The number of sulfonamides is 1. The van der Waals surface area contributed by atoms with Crippen LogP contribution in [-0.2, 0) is 15.8 Å². The summed E-state index contributed by atoms with van der Waals surface area (Å²) in [6.07, 6.45) is 1.42. The van der Waals surface area contributed by atoms with Gasteiger partial charge in [0.25, 0.3) is 0 Å². The highest BCUT2D eigenvalue weighted by Crippen LogP contribution is 2.36. The van der Waals surface area contributed by atoms with Gasteiger partial charge in [-0.05, 0) is 24.5 Å². The van der Waals surface area contributed by atoms with E-state index in [2.05, 4.69) is 0 Å². The zero-order valence-corrected chi connectivity index (χ0v) is 13.0. The van der Waals surface area contributed by atoms with Crippen LogP contribution < -0.4 is 0 Å². The number of nitrogens with zero attached hydrogens (tertiary/aromatic N) is 1. The molecule has 0 spiro atoms. The quantitative estimate of drug-likeness (QED) is 0.865. The van der Waals surface area contributed by atoms with Gasteiger partial charge in [-0.2, -0.15) is 4.31 Å². The number of rotatable bonds is 4. The lowest BCUT2D eigenvalue weighted by molar-refractivity contribution is 0.386. The Labute approximate surface area is 130 Å². The van der Waals surface area contributed by atoms with E-state index in [1.165, 1.54) is 10.4 Å². The van der Waals surface area contributed by atoms with Gasteiger partial charge >= 0.3 is 0 Å². The summed E-state index contributed by atoms with van der Waals surface area (Å²) in [4.78, 5) is 0. The van der Waals surface area contributed by atoms with E-state index in [0.717, 1.165) is 12.0 Å².